The monoisotopic (exact) mass is 306 g/mol. The van der Waals surface area contributed by atoms with Gasteiger partial charge in [0.2, 0.25) is 0 Å². The summed E-state index contributed by atoms with van der Waals surface area (Å²) in [5.74, 6) is -0.507. The molecule has 2 heterocycles. The van der Waals surface area contributed by atoms with Crippen molar-refractivity contribution in [2.75, 3.05) is 12.3 Å². The Labute approximate surface area is 122 Å². The van der Waals surface area contributed by atoms with Gasteiger partial charge in [-0.05, 0) is 24.3 Å². The lowest BCUT2D eigenvalue weighted by Gasteiger charge is -2.14. The predicted molar refractivity (Wildman–Crippen MR) is 76.0 cm³/mol. The molecule has 1 aliphatic rings. The van der Waals surface area contributed by atoms with Crippen LogP contribution in [-0.2, 0) is 23.5 Å². The zero-order valence-corrected chi connectivity index (χ0v) is 12.2. The van der Waals surface area contributed by atoms with Crippen LogP contribution < -0.4 is 5.73 Å². The lowest BCUT2D eigenvalue weighted by atomic mass is 10.2. The minimum Gasteiger partial charge on any atom is -0.399 e. The van der Waals surface area contributed by atoms with Crippen LogP contribution in [0.5, 0.6) is 0 Å². The van der Waals surface area contributed by atoms with Gasteiger partial charge in [-0.2, -0.15) is 5.10 Å². The molecule has 8 heteroatoms. The van der Waals surface area contributed by atoms with Crippen molar-refractivity contribution in [1.29, 1.82) is 0 Å². The number of sulfonamides is 1. The van der Waals surface area contributed by atoms with E-state index in [1.807, 2.05) is 0 Å². The van der Waals surface area contributed by atoms with Gasteiger partial charge in [-0.25, -0.2) is 12.7 Å². The number of benzene rings is 1. The fourth-order valence-corrected chi connectivity index (χ4v) is 3.98. The van der Waals surface area contributed by atoms with E-state index >= 15 is 0 Å². The largest absolute Gasteiger partial charge is 0.399 e. The van der Waals surface area contributed by atoms with Gasteiger partial charge in [0.15, 0.2) is 0 Å². The molecule has 2 aromatic rings. The van der Waals surface area contributed by atoms with Crippen LogP contribution in [0.25, 0.3) is 0 Å². The second-order valence-corrected chi connectivity index (χ2v) is 6.66. The molecule has 0 spiro atoms. The van der Waals surface area contributed by atoms with Crippen molar-refractivity contribution >= 4 is 21.6 Å². The van der Waals surface area contributed by atoms with Crippen LogP contribution in [0.3, 0.4) is 0 Å². The fraction of sp³-hybridized carbons (Fsp3) is 0.231. The molecule has 21 heavy (non-hydrogen) atoms. The van der Waals surface area contributed by atoms with Crippen molar-refractivity contribution in [3.63, 3.8) is 0 Å². The summed E-state index contributed by atoms with van der Waals surface area (Å²) < 4.78 is 27.4. The van der Waals surface area contributed by atoms with E-state index in [0.29, 0.717) is 12.1 Å². The van der Waals surface area contributed by atoms with Crippen molar-refractivity contribution in [2.24, 2.45) is 7.05 Å². The number of nitrogens with zero attached hydrogens (tertiary/aromatic N) is 3. The summed E-state index contributed by atoms with van der Waals surface area (Å²) >= 11 is 0. The van der Waals surface area contributed by atoms with E-state index in [0.717, 1.165) is 10.00 Å². The first-order valence-corrected chi connectivity index (χ1v) is 7.79. The number of aryl methyl sites for hydroxylation is 1. The number of nitrogens with two attached hydrogens (primary N) is 1. The summed E-state index contributed by atoms with van der Waals surface area (Å²) in [6.07, 6.45) is 2.04. The number of aromatic nitrogens is 2. The quantitative estimate of drug-likeness (QED) is 0.827. The van der Waals surface area contributed by atoms with Crippen molar-refractivity contribution in [2.45, 2.75) is 11.3 Å². The van der Waals surface area contributed by atoms with Gasteiger partial charge in [0, 0.05) is 37.6 Å². The highest BCUT2D eigenvalue weighted by Crippen LogP contribution is 2.31. The number of hydrogen-bond donors (Lipinski definition) is 1. The van der Waals surface area contributed by atoms with Gasteiger partial charge in [0.25, 0.3) is 15.9 Å². The molecular weight excluding hydrogens is 292 g/mol. The minimum atomic E-state index is -3.81. The Morgan fingerprint density at radius 1 is 1.29 bits per heavy atom. The SMILES string of the molecule is Cn1nccc1CCN1C(=O)c2ccc(N)cc2S1(=O)=O. The topological polar surface area (TPSA) is 98.3 Å². The van der Waals surface area contributed by atoms with E-state index in [-0.39, 0.29) is 17.0 Å². The number of amides is 1. The Morgan fingerprint density at radius 3 is 2.71 bits per heavy atom. The van der Waals surface area contributed by atoms with Crippen LogP contribution in [0.4, 0.5) is 5.69 Å². The zero-order valence-electron chi connectivity index (χ0n) is 11.4. The second-order valence-electron chi connectivity index (χ2n) is 4.83. The molecule has 0 radical (unpaired) electrons. The summed E-state index contributed by atoms with van der Waals surface area (Å²) in [6, 6.07) is 6.09. The van der Waals surface area contributed by atoms with E-state index in [1.54, 1.807) is 24.0 Å². The van der Waals surface area contributed by atoms with E-state index in [1.165, 1.54) is 18.2 Å². The normalized spacial score (nSPS) is 16.2. The summed E-state index contributed by atoms with van der Waals surface area (Å²) in [5.41, 5.74) is 6.96. The lowest BCUT2D eigenvalue weighted by molar-refractivity contribution is 0.0871. The number of hydrogen-bond acceptors (Lipinski definition) is 5. The van der Waals surface area contributed by atoms with Gasteiger partial charge < -0.3 is 5.73 Å². The number of nitrogen functional groups attached to an aromatic ring is 1. The van der Waals surface area contributed by atoms with Gasteiger partial charge in [-0.1, -0.05) is 0 Å². The van der Waals surface area contributed by atoms with Crippen molar-refractivity contribution in [1.82, 2.24) is 14.1 Å². The van der Waals surface area contributed by atoms with Gasteiger partial charge in [0.05, 0.1) is 5.56 Å². The molecule has 1 aliphatic heterocycles. The highest BCUT2D eigenvalue weighted by molar-refractivity contribution is 7.90. The molecule has 0 saturated carbocycles. The summed E-state index contributed by atoms with van der Waals surface area (Å²) in [7, 11) is -2.04. The van der Waals surface area contributed by atoms with Crippen LogP contribution in [0.15, 0.2) is 35.4 Å². The third-order valence-electron chi connectivity index (χ3n) is 3.52. The molecule has 0 fully saturated rings. The molecule has 0 unspecified atom stereocenters. The van der Waals surface area contributed by atoms with E-state index in [9.17, 15) is 13.2 Å². The molecule has 0 bridgehead atoms. The summed E-state index contributed by atoms with van der Waals surface area (Å²) in [5, 5.41) is 4.02. The molecule has 0 aliphatic carbocycles. The summed E-state index contributed by atoms with van der Waals surface area (Å²) in [4.78, 5) is 12.2. The zero-order chi connectivity index (χ0) is 15.2. The standard InChI is InChI=1S/C13H14N4O3S/c1-16-10(4-6-15-16)5-7-17-13(18)11-3-2-9(14)8-12(11)21(17,19)20/h2-4,6,8H,5,7,14H2,1H3. The molecule has 1 amide bonds. The molecular formula is C13H14N4O3S. The molecule has 1 aromatic heterocycles. The maximum atomic E-state index is 12.4. The molecule has 0 saturated heterocycles. The number of carbonyl (C=O) groups is 1. The van der Waals surface area contributed by atoms with Gasteiger partial charge in [0.1, 0.15) is 4.90 Å². The highest BCUT2D eigenvalue weighted by Gasteiger charge is 2.40. The van der Waals surface area contributed by atoms with Crippen molar-refractivity contribution < 1.29 is 13.2 Å². The van der Waals surface area contributed by atoms with Crippen LogP contribution in [0.2, 0.25) is 0 Å². The van der Waals surface area contributed by atoms with E-state index in [2.05, 4.69) is 5.10 Å². The van der Waals surface area contributed by atoms with Crippen LogP contribution in [-0.4, -0.2) is 35.0 Å². The third-order valence-corrected chi connectivity index (χ3v) is 5.35. The molecule has 7 nitrogen and oxygen atoms in total. The van der Waals surface area contributed by atoms with Gasteiger partial charge in [-0.15, -0.1) is 0 Å². The van der Waals surface area contributed by atoms with Gasteiger partial charge >= 0.3 is 0 Å². The molecule has 1 aromatic carbocycles. The second kappa shape index (κ2) is 4.59. The van der Waals surface area contributed by atoms with Crippen LogP contribution in [0.1, 0.15) is 16.1 Å². The number of anilines is 1. The lowest BCUT2D eigenvalue weighted by Crippen LogP contribution is -2.32. The average Bonchev–Trinajstić information content (AvgIpc) is 2.90. The van der Waals surface area contributed by atoms with Crippen LogP contribution in [0, 0.1) is 0 Å². The van der Waals surface area contributed by atoms with Crippen molar-refractivity contribution in [3.8, 4) is 0 Å². The number of carbonyl (C=O) groups excluding carboxylic acids is 1. The first-order valence-electron chi connectivity index (χ1n) is 6.35. The summed E-state index contributed by atoms with van der Waals surface area (Å²) in [6.45, 7) is 0.0787. The number of rotatable bonds is 3. The molecule has 0 atom stereocenters. The predicted octanol–water partition coefficient (Wildman–Crippen LogP) is 0.390. The first kappa shape index (κ1) is 13.6. The maximum absolute atomic E-state index is 12.4. The minimum absolute atomic E-state index is 0.0162. The Morgan fingerprint density at radius 2 is 2.05 bits per heavy atom. The van der Waals surface area contributed by atoms with E-state index < -0.39 is 15.9 Å². The molecule has 2 N–H and O–H groups in total. The Kier molecular flexibility index (Phi) is 2.98. The molecule has 110 valence electrons. The third kappa shape index (κ3) is 2.07. The van der Waals surface area contributed by atoms with Crippen molar-refractivity contribution in [3.05, 3.63) is 41.7 Å². The maximum Gasteiger partial charge on any atom is 0.269 e. The van der Waals surface area contributed by atoms with E-state index in [4.69, 9.17) is 5.73 Å². The van der Waals surface area contributed by atoms with Crippen LogP contribution >= 0.6 is 0 Å². The first-order chi connectivity index (χ1) is 9.91. The Bertz CT molecular complexity index is 826. The Hall–Kier alpha value is -2.35. The fourth-order valence-electron chi connectivity index (χ4n) is 2.38. The van der Waals surface area contributed by atoms with Gasteiger partial charge in [-0.3, -0.25) is 9.48 Å². The Balaban J connectivity index is 1.91. The smallest absolute Gasteiger partial charge is 0.269 e. The highest BCUT2D eigenvalue weighted by atomic mass is 32.2. The molecule has 3 rings (SSSR count). The number of fused-ring (bicyclic) bond motifs is 1. The average molecular weight is 306 g/mol.